The Morgan fingerprint density at radius 3 is 2.67 bits per heavy atom. The smallest absolute Gasteiger partial charge is 0.280 e. The molecule has 1 aromatic carbocycles. The molecule has 1 heterocycles. The van der Waals surface area contributed by atoms with Crippen molar-refractivity contribution in [3.63, 3.8) is 0 Å². The van der Waals surface area contributed by atoms with Gasteiger partial charge in [-0.3, -0.25) is 9.59 Å². The fraction of sp³-hybridized carbons (Fsp3) is 0.182. The predicted molar refractivity (Wildman–Crippen MR) is 57.0 cm³/mol. The van der Waals surface area contributed by atoms with Gasteiger partial charge in [0, 0.05) is 14.0 Å². The maximum atomic E-state index is 11.7. The van der Waals surface area contributed by atoms with Crippen molar-refractivity contribution < 1.29 is 4.79 Å². The molecule has 0 amide bonds. The molecule has 0 spiro atoms. The molecule has 0 fully saturated rings. The first kappa shape index (κ1) is 9.58. The lowest BCUT2D eigenvalue weighted by atomic mass is 10.2. The third-order valence-corrected chi connectivity index (χ3v) is 2.32. The number of para-hydroxylation sites is 2. The summed E-state index contributed by atoms with van der Waals surface area (Å²) < 4.78 is 1.44. The Labute approximate surface area is 86.2 Å². The molecule has 0 saturated heterocycles. The van der Waals surface area contributed by atoms with Crippen LogP contribution in [-0.2, 0) is 7.05 Å². The molecule has 0 saturated carbocycles. The van der Waals surface area contributed by atoms with Crippen molar-refractivity contribution in [2.45, 2.75) is 6.92 Å². The van der Waals surface area contributed by atoms with Crippen LogP contribution in [-0.4, -0.2) is 15.3 Å². The van der Waals surface area contributed by atoms with E-state index in [0.717, 1.165) is 5.52 Å². The second-order valence-electron chi connectivity index (χ2n) is 3.37. The van der Waals surface area contributed by atoms with Gasteiger partial charge < -0.3 is 4.57 Å². The number of Topliss-reactive ketones (excluding diaryl/α,β-unsaturated/α-hetero) is 1. The molecule has 0 atom stereocenters. The highest BCUT2D eigenvalue weighted by Crippen LogP contribution is 2.08. The second-order valence-corrected chi connectivity index (χ2v) is 3.37. The molecule has 2 rings (SSSR count). The lowest BCUT2D eigenvalue weighted by Gasteiger charge is -2.05. The molecule has 0 bridgehead atoms. The van der Waals surface area contributed by atoms with E-state index in [1.54, 1.807) is 19.2 Å². The summed E-state index contributed by atoms with van der Waals surface area (Å²) in [7, 11) is 1.64. The van der Waals surface area contributed by atoms with Crippen LogP contribution in [0, 0.1) is 0 Å². The Morgan fingerprint density at radius 2 is 2.00 bits per heavy atom. The molecule has 0 aliphatic carbocycles. The first-order valence-corrected chi connectivity index (χ1v) is 4.58. The molecule has 1 aromatic heterocycles. The summed E-state index contributed by atoms with van der Waals surface area (Å²) in [4.78, 5) is 26.9. The van der Waals surface area contributed by atoms with E-state index in [-0.39, 0.29) is 17.0 Å². The van der Waals surface area contributed by atoms with Crippen LogP contribution in [0.15, 0.2) is 29.1 Å². The second kappa shape index (κ2) is 3.31. The maximum Gasteiger partial charge on any atom is 0.280 e. The number of hydrogen-bond donors (Lipinski definition) is 0. The molecular weight excluding hydrogens is 192 g/mol. The molecule has 0 radical (unpaired) electrons. The van der Waals surface area contributed by atoms with Gasteiger partial charge in [-0.2, -0.15) is 0 Å². The van der Waals surface area contributed by atoms with Gasteiger partial charge in [0.25, 0.3) is 5.56 Å². The average Bonchev–Trinajstić information content (AvgIpc) is 2.23. The van der Waals surface area contributed by atoms with Crippen molar-refractivity contribution in [2.24, 2.45) is 7.05 Å². The fourth-order valence-corrected chi connectivity index (χ4v) is 1.51. The van der Waals surface area contributed by atoms with E-state index < -0.39 is 0 Å². The van der Waals surface area contributed by atoms with Crippen molar-refractivity contribution >= 4 is 16.8 Å². The lowest BCUT2D eigenvalue weighted by Crippen LogP contribution is -2.25. The van der Waals surface area contributed by atoms with Crippen LogP contribution in [0.25, 0.3) is 11.0 Å². The van der Waals surface area contributed by atoms with Crippen molar-refractivity contribution in [2.75, 3.05) is 0 Å². The van der Waals surface area contributed by atoms with Crippen LogP contribution < -0.4 is 5.56 Å². The van der Waals surface area contributed by atoms with Gasteiger partial charge in [-0.05, 0) is 12.1 Å². The van der Waals surface area contributed by atoms with Gasteiger partial charge in [-0.25, -0.2) is 4.98 Å². The van der Waals surface area contributed by atoms with Crippen LogP contribution in [0.1, 0.15) is 17.4 Å². The molecule has 4 heteroatoms. The first-order valence-electron chi connectivity index (χ1n) is 4.58. The minimum absolute atomic E-state index is 0.00352. The van der Waals surface area contributed by atoms with Gasteiger partial charge in [0.2, 0.25) is 0 Å². The molecule has 76 valence electrons. The number of aryl methyl sites for hydroxylation is 1. The minimum atomic E-state index is -0.346. The number of aromatic nitrogens is 2. The number of carbonyl (C=O) groups is 1. The Balaban J connectivity index is 2.95. The zero-order valence-electron chi connectivity index (χ0n) is 8.52. The van der Waals surface area contributed by atoms with E-state index in [0.29, 0.717) is 5.52 Å². The van der Waals surface area contributed by atoms with Crippen LogP contribution in [0.5, 0.6) is 0 Å². The largest absolute Gasteiger partial charge is 0.308 e. The van der Waals surface area contributed by atoms with Crippen molar-refractivity contribution in [3.8, 4) is 0 Å². The molecule has 4 nitrogen and oxygen atoms in total. The van der Waals surface area contributed by atoms with E-state index in [1.165, 1.54) is 11.5 Å². The predicted octanol–water partition coefficient (Wildman–Crippen LogP) is 1.14. The summed E-state index contributed by atoms with van der Waals surface area (Å²) in [5.41, 5.74) is 1.04. The number of rotatable bonds is 1. The highest BCUT2D eigenvalue weighted by atomic mass is 16.1. The van der Waals surface area contributed by atoms with Crippen molar-refractivity contribution in [1.82, 2.24) is 9.55 Å². The van der Waals surface area contributed by atoms with Crippen LogP contribution in [0.4, 0.5) is 0 Å². The molecule has 0 N–H and O–H groups in total. The summed E-state index contributed by atoms with van der Waals surface area (Å²) in [6.45, 7) is 1.35. The zero-order valence-corrected chi connectivity index (χ0v) is 8.52. The van der Waals surface area contributed by atoms with E-state index in [2.05, 4.69) is 4.98 Å². The molecule has 0 aliphatic rings. The average molecular weight is 202 g/mol. The van der Waals surface area contributed by atoms with Gasteiger partial charge in [-0.15, -0.1) is 0 Å². The fourth-order valence-electron chi connectivity index (χ4n) is 1.51. The summed E-state index contributed by atoms with van der Waals surface area (Å²) in [6, 6.07) is 7.23. The SMILES string of the molecule is CC(=O)c1nc2ccccc2n(C)c1=O. The first-order chi connectivity index (χ1) is 7.11. The number of carbonyl (C=O) groups excluding carboxylic acids is 1. The maximum absolute atomic E-state index is 11.7. The van der Waals surface area contributed by atoms with Gasteiger partial charge in [-0.1, -0.05) is 12.1 Å². The third kappa shape index (κ3) is 1.44. The Morgan fingerprint density at radius 1 is 1.33 bits per heavy atom. The number of nitrogens with zero attached hydrogens (tertiary/aromatic N) is 2. The minimum Gasteiger partial charge on any atom is -0.308 e. The van der Waals surface area contributed by atoms with E-state index in [9.17, 15) is 9.59 Å². The Kier molecular flexibility index (Phi) is 2.11. The number of hydrogen-bond acceptors (Lipinski definition) is 3. The summed E-state index contributed by atoms with van der Waals surface area (Å²) in [6.07, 6.45) is 0. The van der Waals surface area contributed by atoms with E-state index in [4.69, 9.17) is 0 Å². The Hall–Kier alpha value is -1.97. The van der Waals surface area contributed by atoms with Crippen LogP contribution in [0.2, 0.25) is 0 Å². The monoisotopic (exact) mass is 202 g/mol. The normalized spacial score (nSPS) is 10.5. The summed E-state index contributed by atoms with van der Waals surface area (Å²) >= 11 is 0. The zero-order chi connectivity index (χ0) is 11.0. The summed E-state index contributed by atoms with van der Waals surface area (Å²) in [5, 5.41) is 0. The van der Waals surface area contributed by atoms with Gasteiger partial charge >= 0.3 is 0 Å². The number of benzene rings is 1. The molecular formula is C11H10N2O2. The summed E-state index contributed by atoms with van der Waals surface area (Å²) in [5.74, 6) is -0.304. The van der Waals surface area contributed by atoms with Crippen molar-refractivity contribution in [1.29, 1.82) is 0 Å². The number of fused-ring (bicyclic) bond motifs is 1. The van der Waals surface area contributed by atoms with Crippen LogP contribution in [0.3, 0.4) is 0 Å². The number of ketones is 1. The topological polar surface area (TPSA) is 52.0 Å². The molecule has 0 aliphatic heterocycles. The highest BCUT2D eigenvalue weighted by Gasteiger charge is 2.11. The van der Waals surface area contributed by atoms with E-state index in [1.807, 2.05) is 12.1 Å². The molecule has 15 heavy (non-hydrogen) atoms. The third-order valence-electron chi connectivity index (χ3n) is 2.32. The van der Waals surface area contributed by atoms with Crippen molar-refractivity contribution in [3.05, 3.63) is 40.3 Å². The van der Waals surface area contributed by atoms with E-state index >= 15 is 0 Å². The lowest BCUT2D eigenvalue weighted by molar-refractivity contribution is 0.101. The van der Waals surface area contributed by atoms with Gasteiger partial charge in [0.15, 0.2) is 11.5 Å². The van der Waals surface area contributed by atoms with Gasteiger partial charge in [0.05, 0.1) is 11.0 Å². The quantitative estimate of drug-likeness (QED) is 0.651. The Bertz CT molecular complexity index is 599. The highest BCUT2D eigenvalue weighted by molar-refractivity contribution is 5.93. The molecule has 2 aromatic rings. The molecule has 0 unspecified atom stereocenters. The van der Waals surface area contributed by atoms with Gasteiger partial charge in [0.1, 0.15) is 0 Å². The van der Waals surface area contributed by atoms with Crippen LogP contribution >= 0.6 is 0 Å². The standard InChI is InChI=1S/C11H10N2O2/c1-7(14)10-11(15)13(2)9-6-4-3-5-8(9)12-10/h3-6H,1-2H3.